The quantitative estimate of drug-likeness (QED) is 0.336. The number of carboxylic acid groups (broad SMARTS) is 1. The van der Waals surface area contributed by atoms with Gasteiger partial charge in [-0.25, -0.2) is 14.2 Å². The maximum atomic E-state index is 13.9. The van der Waals surface area contributed by atoms with Gasteiger partial charge in [-0.2, -0.15) is 0 Å². The lowest BCUT2D eigenvalue weighted by atomic mass is 9.86. The van der Waals surface area contributed by atoms with Crippen molar-refractivity contribution < 1.29 is 23.8 Å². The molecule has 13 heteroatoms. The Kier molecular flexibility index (Phi) is 8.38. The standard InChI is InChI=1S/C28H31ClFN5O4S2/c1-28(2,26(37)38)15-34-13-17-12-33(7-8-35(17)27(34)40)14-22-23(25(36)39-3)19(18-5-4-16(30)10-20(18)29)11-21(32-22)24-31-6-9-41-24/h4-6,9-11,17,19,32H,7-8,12-15H2,1-3H3,(H,37,38)/t17-,19?/m0/s1. The molecular weight excluding hydrogens is 589 g/mol. The van der Waals surface area contributed by atoms with Gasteiger partial charge in [0, 0.05) is 67.5 Å². The lowest BCUT2D eigenvalue weighted by molar-refractivity contribution is -0.147. The summed E-state index contributed by atoms with van der Waals surface area (Å²) in [6, 6.07) is 4.25. The number of hydrogen-bond acceptors (Lipinski definition) is 8. The number of benzene rings is 1. The van der Waals surface area contributed by atoms with Gasteiger partial charge in [0.1, 0.15) is 10.8 Å². The van der Waals surface area contributed by atoms with Gasteiger partial charge in [0.25, 0.3) is 0 Å². The summed E-state index contributed by atoms with van der Waals surface area (Å²) in [4.78, 5) is 35.8. The van der Waals surface area contributed by atoms with Crippen molar-refractivity contribution >= 4 is 57.9 Å². The second-order valence-electron chi connectivity index (χ2n) is 11.0. The summed E-state index contributed by atoms with van der Waals surface area (Å²) in [7, 11) is 1.34. The Labute approximate surface area is 252 Å². The highest BCUT2D eigenvalue weighted by Gasteiger charge is 2.42. The summed E-state index contributed by atoms with van der Waals surface area (Å²) in [6.45, 7) is 6.81. The van der Waals surface area contributed by atoms with Crippen molar-refractivity contribution in [3.05, 3.63) is 68.5 Å². The van der Waals surface area contributed by atoms with Crippen molar-refractivity contribution in [1.29, 1.82) is 0 Å². The molecule has 0 amide bonds. The molecule has 9 nitrogen and oxygen atoms in total. The first-order chi connectivity index (χ1) is 19.5. The predicted molar refractivity (Wildman–Crippen MR) is 159 cm³/mol. The number of carbonyl (C=O) groups is 2. The molecule has 1 aromatic heterocycles. The molecule has 1 aromatic carbocycles. The van der Waals surface area contributed by atoms with Gasteiger partial charge in [-0.3, -0.25) is 9.69 Å². The number of halogens is 2. The minimum absolute atomic E-state index is 0.0860. The third kappa shape index (κ3) is 5.97. The van der Waals surface area contributed by atoms with Crippen molar-refractivity contribution in [2.75, 3.05) is 46.4 Å². The van der Waals surface area contributed by atoms with Crippen LogP contribution < -0.4 is 5.32 Å². The summed E-state index contributed by atoms with van der Waals surface area (Å²) in [5.41, 5.74) is 1.45. The number of esters is 1. The van der Waals surface area contributed by atoms with Crippen LogP contribution in [0.2, 0.25) is 5.02 Å². The van der Waals surface area contributed by atoms with Crippen molar-refractivity contribution in [1.82, 2.24) is 25.0 Å². The Morgan fingerprint density at radius 2 is 2.10 bits per heavy atom. The molecule has 2 atom stereocenters. The van der Waals surface area contributed by atoms with Crippen LogP contribution in [0.1, 0.15) is 30.3 Å². The van der Waals surface area contributed by atoms with E-state index in [0.717, 1.165) is 10.7 Å². The zero-order valence-corrected chi connectivity index (χ0v) is 25.3. The lowest BCUT2D eigenvalue weighted by Gasteiger charge is -2.39. The molecule has 0 bridgehead atoms. The summed E-state index contributed by atoms with van der Waals surface area (Å²) in [5.74, 6) is -2.42. The Hall–Kier alpha value is -3.06. The normalized spacial score (nSPS) is 21.5. The van der Waals surface area contributed by atoms with Gasteiger partial charge in [0.15, 0.2) is 5.11 Å². The number of hydrogen-bond donors (Lipinski definition) is 2. The van der Waals surface area contributed by atoms with Gasteiger partial charge in [-0.15, -0.1) is 11.3 Å². The average Bonchev–Trinajstić information content (AvgIpc) is 3.56. The summed E-state index contributed by atoms with van der Waals surface area (Å²) in [6.07, 6.45) is 3.59. The molecule has 0 spiro atoms. The number of aliphatic carboxylic acids is 1. The molecule has 2 aromatic rings. The van der Waals surface area contributed by atoms with E-state index in [2.05, 4.69) is 20.1 Å². The second kappa shape index (κ2) is 11.7. The molecule has 2 saturated heterocycles. The van der Waals surface area contributed by atoms with E-state index in [1.54, 1.807) is 26.1 Å². The number of nitrogens with one attached hydrogen (secondary N) is 1. The molecule has 0 saturated carbocycles. The molecule has 5 rings (SSSR count). The highest BCUT2D eigenvalue weighted by atomic mass is 35.5. The minimum atomic E-state index is -0.931. The van der Waals surface area contributed by atoms with Crippen molar-refractivity contribution in [3.8, 4) is 0 Å². The third-order valence-corrected chi connectivity index (χ3v) is 9.31. The van der Waals surface area contributed by atoms with Gasteiger partial charge in [0.2, 0.25) is 0 Å². The minimum Gasteiger partial charge on any atom is -0.481 e. The van der Waals surface area contributed by atoms with E-state index < -0.39 is 29.1 Å². The number of ether oxygens (including phenoxy) is 1. The van der Waals surface area contributed by atoms with Crippen molar-refractivity contribution in [2.24, 2.45) is 5.41 Å². The van der Waals surface area contributed by atoms with Crippen LogP contribution in [0.25, 0.3) is 5.70 Å². The molecule has 2 N–H and O–H groups in total. The molecule has 0 aliphatic carbocycles. The Morgan fingerprint density at radius 1 is 1.32 bits per heavy atom. The fraction of sp³-hybridized carbons (Fsp3) is 0.429. The van der Waals surface area contributed by atoms with Crippen LogP contribution >= 0.6 is 35.2 Å². The molecule has 4 heterocycles. The van der Waals surface area contributed by atoms with E-state index in [-0.39, 0.29) is 11.1 Å². The number of nitrogens with zero attached hydrogens (tertiary/aromatic N) is 4. The highest BCUT2D eigenvalue weighted by Crippen LogP contribution is 2.39. The fourth-order valence-corrected chi connectivity index (χ4v) is 6.84. The zero-order chi connectivity index (χ0) is 29.5. The van der Waals surface area contributed by atoms with E-state index in [1.807, 2.05) is 16.4 Å². The lowest BCUT2D eigenvalue weighted by Crippen LogP contribution is -2.53. The molecule has 1 unspecified atom stereocenters. The Balaban J connectivity index is 1.44. The number of thiazole rings is 1. The number of carboxylic acids is 1. The Bertz CT molecular complexity index is 1430. The van der Waals surface area contributed by atoms with E-state index in [1.165, 1.54) is 30.6 Å². The average molecular weight is 620 g/mol. The molecule has 2 fully saturated rings. The molecule has 3 aliphatic heterocycles. The van der Waals surface area contributed by atoms with Crippen LogP contribution in [-0.2, 0) is 14.3 Å². The first-order valence-corrected chi connectivity index (χ1v) is 14.8. The summed E-state index contributed by atoms with van der Waals surface area (Å²) >= 11 is 13.7. The van der Waals surface area contributed by atoms with Crippen LogP contribution in [0, 0.1) is 11.2 Å². The Morgan fingerprint density at radius 3 is 2.76 bits per heavy atom. The van der Waals surface area contributed by atoms with E-state index in [0.29, 0.717) is 61.2 Å². The number of allylic oxidation sites excluding steroid dienone is 1. The van der Waals surface area contributed by atoms with Crippen LogP contribution in [-0.4, -0.2) is 94.3 Å². The number of fused-ring (bicyclic) bond motifs is 1. The molecule has 3 aliphatic rings. The molecular formula is C28H31ClFN5O4S2. The van der Waals surface area contributed by atoms with Gasteiger partial charge in [-0.05, 0) is 49.8 Å². The van der Waals surface area contributed by atoms with Crippen LogP contribution in [0.4, 0.5) is 4.39 Å². The largest absolute Gasteiger partial charge is 0.481 e. The first kappa shape index (κ1) is 29.4. The zero-order valence-electron chi connectivity index (χ0n) is 22.9. The number of methoxy groups -OCH3 is 1. The van der Waals surface area contributed by atoms with E-state index in [4.69, 9.17) is 28.6 Å². The predicted octanol–water partition coefficient (Wildman–Crippen LogP) is 3.79. The van der Waals surface area contributed by atoms with Gasteiger partial charge in [-0.1, -0.05) is 17.7 Å². The maximum Gasteiger partial charge on any atom is 0.336 e. The summed E-state index contributed by atoms with van der Waals surface area (Å²) < 4.78 is 19.2. The molecule has 0 radical (unpaired) electrons. The van der Waals surface area contributed by atoms with Crippen molar-refractivity contribution in [2.45, 2.75) is 25.8 Å². The van der Waals surface area contributed by atoms with Gasteiger partial charge in [0.05, 0.1) is 29.8 Å². The third-order valence-electron chi connectivity index (χ3n) is 7.68. The second-order valence-corrected chi connectivity index (χ2v) is 12.7. The van der Waals surface area contributed by atoms with Crippen LogP contribution in [0.3, 0.4) is 0 Å². The van der Waals surface area contributed by atoms with E-state index in [9.17, 15) is 19.1 Å². The van der Waals surface area contributed by atoms with Gasteiger partial charge < -0.3 is 25.0 Å². The number of dihydropyridines is 1. The number of thiocarbonyl (C=S) groups is 1. The molecule has 218 valence electrons. The monoisotopic (exact) mass is 619 g/mol. The smallest absolute Gasteiger partial charge is 0.336 e. The highest BCUT2D eigenvalue weighted by molar-refractivity contribution is 7.80. The van der Waals surface area contributed by atoms with Crippen LogP contribution in [0.5, 0.6) is 0 Å². The number of carbonyl (C=O) groups excluding carboxylic acids is 1. The maximum absolute atomic E-state index is 13.9. The molecule has 41 heavy (non-hydrogen) atoms. The number of rotatable bonds is 8. The number of piperazine rings is 1. The van der Waals surface area contributed by atoms with Gasteiger partial charge >= 0.3 is 11.9 Å². The summed E-state index contributed by atoms with van der Waals surface area (Å²) in [5, 5.41) is 16.5. The number of aromatic nitrogens is 1. The van der Waals surface area contributed by atoms with Crippen molar-refractivity contribution in [3.63, 3.8) is 0 Å². The topological polar surface area (TPSA) is 98.2 Å². The SMILES string of the molecule is COC(=O)C1=C(CN2CCN3C(=S)N(CC(C)(C)C(=O)O)C[C@@H]3C2)NC(c2nccs2)=CC1c1ccc(F)cc1Cl. The van der Waals surface area contributed by atoms with Crippen LogP contribution in [0.15, 0.2) is 47.1 Å². The fourth-order valence-electron chi connectivity index (χ4n) is 5.56. The van der Waals surface area contributed by atoms with E-state index >= 15 is 0 Å². The first-order valence-electron chi connectivity index (χ1n) is 13.1.